The minimum atomic E-state index is -0.447. The van der Waals surface area contributed by atoms with E-state index in [1.54, 1.807) is 0 Å². The molecule has 4 rings (SSSR count). The zero-order chi connectivity index (χ0) is 22.0. The lowest BCUT2D eigenvalue weighted by Crippen LogP contribution is -2.58. The van der Waals surface area contributed by atoms with Gasteiger partial charge in [-0.3, -0.25) is 9.80 Å². The highest BCUT2D eigenvalue weighted by atomic mass is 16.6. The largest absolute Gasteiger partial charge is 0.493 e. The Labute approximate surface area is 185 Å². The third-order valence-electron chi connectivity index (χ3n) is 6.39. The molecule has 0 spiro atoms. The number of likely N-dealkylation sites (tertiary alicyclic amines) is 1. The zero-order valence-electron chi connectivity index (χ0n) is 19.1. The van der Waals surface area contributed by atoms with Gasteiger partial charge in [0.25, 0.3) is 0 Å². The van der Waals surface area contributed by atoms with Crippen molar-refractivity contribution in [3.8, 4) is 5.75 Å². The van der Waals surface area contributed by atoms with Gasteiger partial charge in [0.15, 0.2) is 0 Å². The maximum Gasteiger partial charge on any atom is 0.410 e. The number of β-amino-alcohol motifs (C(OH)–C–C–N with tert-alkyl or cyclic N) is 1. The molecular formula is C24H37N3O4. The van der Waals surface area contributed by atoms with Gasteiger partial charge in [0.1, 0.15) is 11.4 Å². The van der Waals surface area contributed by atoms with Gasteiger partial charge in [-0.25, -0.2) is 4.79 Å². The Morgan fingerprint density at radius 3 is 2.68 bits per heavy atom. The first-order chi connectivity index (χ1) is 14.7. The Bertz CT molecular complexity index is 759. The van der Waals surface area contributed by atoms with Gasteiger partial charge in [-0.2, -0.15) is 0 Å². The molecule has 31 heavy (non-hydrogen) atoms. The van der Waals surface area contributed by atoms with E-state index in [2.05, 4.69) is 21.9 Å². The van der Waals surface area contributed by atoms with Crippen LogP contribution in [0.5, 0.6) is 5.75 Å². The molecule has 1 amide bonds. The smallest absolute Gasteiger partial charge is 0.410 e. The molecule has 1 N–H and O–H groups in total. The van der Waals surface area contributed by atoms with E-state index in [1.165, 1.54) is 5.56 Å². The molecule has 1 aromatic rings. The van der Waals surface area contributed by atoms with E-state index in [9.17, 15) is 9.90 Å². The predicted octanol–water partition coefficient (Wildman–Crippen LogP) is 2.57. The molecule has 3 saturated heterocycles. The lowest BCUT2D eigenvalue weighted by atomic mass is 9.91. The van der Waals surface area contributed by atoms with E-state index >= 15 is 0 Å². The summed E-state index contributed by atoms with van der Waals surface area (Å²) in [6.45, 7) is 12.3. The van der Waals surface area contributed by atoms with Gasteiger partial charge in [-0.1, -0.05) is 12.1 Å². The summed E-state index contributed by atoms with van der Waals surface area (Å²) in [6, 6.07) is 8.74. The van der Waals surface area contributed by atoms with Crippen molar-refractivity contribution in [2.24, 2.45) is 5.92 Å². The van der Waals surface area contributed by atoms with Crippen molar-refractivity contribution in [2.45, 2.75) is 57.9 Å². The van der Waals surface area contributed by atoms with Gasteiger partial charge in [-0.05, 0) is 51.3 Å². The molecule has 7 nitrogen and oxygen atoms in total. The molecule has 0 aliphatic carbocycles. The Kier molecular flexibility index (Phi) is 6.74. The molecule has 0 saturated carbocycles. The number of carbonyl (C=O) groups excluding carboxylic acids is 1. The normalized spacial score (nSPS) is 25.6. The van der Waals surface area contributed by atoms with Crippen LogP contribution in [0.15, 0.2) is 24.3 Å². The SMILES string of the molecule is CC(C)(C)OC(=O)N1CCN2C[C@@H](COc3cccc(CN4CC(O)C4)c3)CC[C@H]2C1. The lowest BCUT2D eigenvalue weighted by molar-refractivity contribution is -0.0123. The average molecular weight is 432 g/mol. The molecule has 0 unspecified atom stereocenters. The fourth-order valence-electron chi connectivity index (χ4n) is 4.76. The maximum absolute atomic E-state index is 12.4. The Morgan fingerprint density at radius 2 is 1.94 bits per heavy atom. The third-order valence-corrected chi connectivity index (χ3v) is 6.39. The standard InChI is InChI=1S/C24H37N3O4/c1-24(2,3)31-23(29)27-10-9-26-13-19(7-8-20(26)14-27)17-30-22-6-4-5-18(11-22)12-25-15-21(28)16-25/h4-6,11,19-21,28H,7-10,12-17H2,1-3H3/t19-,20-/m0/s1. The van der Waals surface area contributed by atoms with Crippen molar-refractivity contribution >= 4 is 6.09 Å². The number of benzene rings is 1. The molecule has 2 atom stereocenters. The molecule has 172 valence electrons. The number of ether oxygens (including phenoxy) is 2. The first-order valence-corrected chi connectivity index (χ1v) is 11.6. The number of piperazine rings is 1. The van der Waals surface area contributed by atoms with Crippen molar-refractivity contribution in [1.29, 1.82) is 0 Å². The number of hydrogen-bond donors (Lipinski definition) is 1. The number of aliphatic hydroxyl groups is 1. The van der Waals surface area contributed by atoms with Gasteiger partial charge in [0.2, 0.25) is 0 Å². The van der Waals surface area contributed by atoms with Crippen LogP contribution in [-0.4, -0.2) is 89.5 Å². The Hall–Kier alpha value is -1.83. The highest BCUT2D eigenvalue weighted by Crippen LogP contribution is 2.27. The third kappa shape index (κ3) is 6.11. The maximum atomic E-state index is 12.4. The highest BCUT2D eigenvalue weighted by Gasteiger charge is 2.36. The van der Waals surface area contributed by atoms with Crippen molar-refractivity contribution in [3.05, 3.63) is 29.8 Å². The van der Waals surface area contributed by atoms with E-state index < -0.39 is 5.60 Å². The molecule has 3 fully saturated rings. The van der Waals surface area contributed by atoms with Crippen LogP contribution in [-0.2, 0) is 11.3 Å². The Morgan fingerprint density at radius 1 is 1.13 bits per heavy atom. The second-order valence-electron chi connectivity index (χ2n) is 10.3. The second kappa shape index (κ2) is 9.35. The van der Waals surface area contributed by atoms with E-state index in [-0.39, 0.29) is 12.2 Å². The highest BCUT2D eigenvalue weighted by molar-refractivity contribution is 5.68. The molecular weight excluding hydrogens is 394 g/mol. The summed E-state index contributed by atoms with van der Waals surface area (Å²) in [4.78, 5) is 19.0. The van der Waals surface area contributed by atoms with Crippen LogP contribution in [0.25, 0.3) is 0 Å². The molecule has 7 heteroatoms. The van der Waals surface area contributed by atoms with Gasteiger partial charge in [0, 0.05) is 57.8 Å². The van der Waals surface area contributed by atoms with Crippen LogP contribution in [0.3, 0.4) is 0 Å². The van der Waals surface area contributed by atoms with Crippen molar-refractivity contribution in [3.63, 3.8) is 0 Å². The second-order valence-corrected chi connectivity index (χ2v) is 10.3. The number of rotatable bonds is 5. The van der Waals surface area contributed by atoms with Crippen molar-refractivity contribution in [1.82, 2.24) is 14.7 Å². The van der Waals surface area contributed by atoms with Crippen molar-refractivity contribution in [2.75, 3.05) is 45.9 Å². The van der Waals surface area contributed by atoms with E-state index in [0.29, 0.717) is 12.0 Å². The first-order valence-electron chi connectivity index (χ1n) is 11.6. The summed E-state index contributed by atoms with van der Waals surface area (Å²) in [7, 11) is 0. The van der Waals surface area contributed by atoms with Crippen LogP contribution in [0.2, 0.25) is 0 Å². The molecule has 3 aliphatic heterocycles. The topological polar surface area (TPSA) is 65.5 Å². The number of hydrogen-bond acceptors (Lipinski definition) is 6. The summed E-state index contributed by atoms with van der Waals surface area (Å²) in [5.74, 6) is 1.44. The number of aliphatic hydroxyl groups excluding tert-OH is 1. The fraction of sp³-hybridized carbons (Fsp3) is 0.708. The molecule has 0 bridgehead atoms. The van der Waals surface area contributed by atoms with Gasteiger partial charge >= 0.3 is 6.09 Å². The minimum Gasteiger partial charge on any atom is -0.493 e. The van der Waals surface area contributed by atoms with Crippen molar-refractivity contribution < 1.29 is 19.4 Å². The van der Waals surface area contributed by atoms with E-state index in [4.69, 9.17) is 9.47 Å². The summed E-state index contributed by atoms with van der Waals surface area (Å²) in [5.41, 5.74) is 0.781. The molecule has 0 aromatic heterocycles. The van der Waals surface area contributed by atoms with Crippen LogP contribution in [0.1, 0.15) is 39.2 Å². The molecule has 3 aliphatic rings. The van der Waals surface area contributed by atoms with Gasteiger partial charge in [0.05, 0.1) is 12.7 Å². The predicted molar refractivity (Wildman–Crippen MR) is 119 cm³/mol. The fourth-order valence-corrected chi connectivity index (χ4v) is 4.76. The number of piperidine rings is 1. The monoisotopic (exact) mass is 431 g/mol. The van der Waals surface area contributed by atoms with Gasteiger partial charge in [-0.15, -0.1) is 0 Å². The zero-order valence-corrected chi connectivity index (χ0v) is 19.1. The molecule has 1 aromatic carbocycles. The van der Waals surface area contributed by atoms with Crippen LogP contribution < -0.4 is 4.74 Å². The summed E-state index contributed by atoms with van der Waals surface area (Å²) in [5, 5.41) is 9.45. The number of fused-ring (bicyclic) bond motifs is 1. The number of carbonyl (C=O) groups is 1. The lowest BCUT2D eigenvalue weighted by Gasteiger charge is -2.46. The van der Waals surface area contributed by atoms with E-state index in [1.807, 2.05) is 37.8 Å². The molecule has 3 heterocycles. The quantitative estimate of drug-likeness (QED) is 0.773. The number of nitrogens with zero attached hydrogens (tertiary/aromatic N) is 3. The average Bonchev–Trinajstić information content (AvgIpc) is 2.69. The summed E-state index contributed by atoms with van der Waals surface area (Å²) >= 11 is 0. The summed E-state index contributed by atoms with van der Waals surface area (Å²) < 4.78 is 11.7. The molecule has 0 radical (unpaired) electrons. The van der Waals surface area contributed by atoms with Crippen LogP contribution >= 0.6 is 0 Å². The number of amides is 1. The van der Waals surface area contributed by atoms with E-state index in [0.717, 1.165) is 71.0 Å². The van der Waals surface area contributed by atoms with Gasteiger partial charge < -0.3 is 19.5 Å². The Balaban J connectivity index is 1.22. The van der Waals surface area contributed by atoms with Crippen LogP contribution in [0.4, 0.5) is 4.79 Å². The first kappa shape index (κ1) is 22.4. The van der Waals surface area contributed by atoms with Crippen LogP contribution in [0, 0.1) is 5.92 Å². The minimum absolute atomic E-state index is 0.166. The summed E-state index contributed by atoms with van der Waals surface area (Å²) in [6.07, 6.45) is 1.85.